The van der Waals surface area contributed by atoms with E-state index < -0.39 is 0 Å². The minimum absolute atomic E-state index is 0.0710. The first kappa shape index (κ1) is 13.6. The summed E-state index contributed by atoms with van der Waals surface area (Å²) in [4.78, 5) is 11.6. The largest absolute Gasteiger partial charge is 0.383 e. The summed E-state index contributed by atoms with van der Waals surface area (Å²) in [6, 6.07) is 8.59. The molecule has 0 aliphatic rings. The molecule has 0 aromatic heterocycles. The van der Waals surface area contributed by atoms with Crippen LogP contribution in [0.3, 0.4) is 0 Å². The molecular weight excluding hydrogens is 212 g/mol. The van der Waals surface area contributed by atoms with Crippen molar-refractivity contribution >= 4 is 11.6 Å². The molecule has 1 aromatic rings. The van der Waals surface area contributed by atoms with Gasteiger partial charge in [0.2, 0.25) is 5.91 Å². The number of nitrogens with one attached hydrogen (secondary N) is 2. The van der Waals surface area contributed by atoms with Gasteiger partial charge in [-0.3, -0.25) is 4.79 Å². The average molecular weight is 234 g/mol. The summed E-state index contributed by atoms with van der Waals surface area (Å²) in [6.45, 7) is 8.12. The summed E-state index contributed by atoms with van der Waals surface area (Å²) in [5.74, 6) is 0.0710. The molecule has 0 atom stereocenters. The van der Waals surface area contributed by atoms with Crippen LogP contribution in [-0.4, -0.2) is 18.0 Å². The van der Waals surface area contributed by atoms with Crippen LogP contribution in [0.4, 0.5) is 5.69 Å². The van der Waals surface area contributed by atoms with Crippen molar-refractivity contribution in [2.45, 2.75) is 46.2 Å². The monoisotopic (exact) mass is 234 g/mol. The lowest BCUT2D eigenvalue weighted by molar-refractivity contribution is -0.120. The van der Waals surface area contributed by atoms with Crippen molar-refractivity contribution in [2.24, 2.45) is 0 Å². The van der Waals surface area contributed by atoms with Gasteiger partial charge < -0.3 is 10.6 Å². The van der Waals surface area contributed by atoms with Crippen LogP contribution in [0.15, 0.2) is 24.3 Å². The summed E-state index contributed by atoms with van der Waals surface area (Å²) < 4.78 is 0. The Kier molecular flexibility index (Phi) is 5.01. The van der Waals surface area contributed by atoms with E-state index in [-0.39, 0.29) is 11.9 Å². The fourth-order valence-corrected chi connectivity index (χ4v) is 1.66. The Bertz CT molecular complexity index is 372. The van der Waals surface area contributed by atoms with Gasteiger partial charge in [0, 0.05) is 17.8 Å². The highest BCUT2D eigenvalue weighted by atomic mass is 16.1. The van der Waals surface area contributed by atoms with Crippen LogP contribution in [-0.2, 0) is 11.2 Å². The van der Waals surface area contributed by atoms with E-state index >= 15 is 0 Å². The summed E-state index contributed by atoms with van der Waals surface area (Å²) in [5, 5.41) is 6.22. The highest BCUT2D eigenvalue weighted by Gasteiger charge is 2.05. The molecule has 1 amide bonds. The minimum Gasteiger partial charge on any atom is -0.383 e. The van der Waals surface area contributed by atoms with Crippen LogP contribution in [0.2, 0.25) is 0 Å². The lowest BCUT2D eigenvalue weighted by Gasteiger charge is -2.12. The van der Waals surface area contributed by atoms with Gasteiger partial charge in [-0.25, -0.2) is 0 Å². The topological polar surface area (TPSA) is 41.1 Å². The van der Waals surface area contributed by atoms with E-state index in [0.717, 1.165) is 11.3 Å². The van der Waals surface area contributed by atoms with Crippen molar-refractivity contribution < 1.29 is 4.79 Å². The summed E-state index contributed by atoms with van der Waals surface area (Å²) in [5.41, 5.74) is 2.10. The van der Waals surface area contributed by atoms with Gasteiger partial charge in [0.15, 0.2) is 0 Å². The fraction of sp³-hybridized carbons (Fsp3) is 0.500. The van der Waals surface area contributed by atoms with Crippen molar-refractivity contribution in [2.75, 3.05) is 5.32 Å². The van der Waals surface area contributed by atoms with Gasteiger partial charge in [0.1, 0.15) is 0 Å². The predicted molar refractivity (Wildman–Crippen MR) is 72.2 cm³/mol. The second kappa shape index (κ2) is 6.28. The number of benzene rings is 1. The Hall–Kier alpha value is -1.51. The van der Waals surface area contributed by atoms with E-state index in [1.807, 2.05) is 38.1 Å². The molecule has 0 saturated carbocycles. The zero-order valence-corrected chi connectivity index (χ0v) is 11.1. The molecule has 0 fully saturated rings. The third-order valence-electron chi connectivity index (χ3n) is 2.20. The minimum atomic E-state index is 0.0710. The van der Waals surface area contributed by atoms with Crippen molar-refractivity contribution in [3.05, 3.63) is 29.8 Å². The Morgan fingerprint density at radius 3 is 2.47 bits per heavy atom. The maximum absolute atomic E-state index is 11.6. The summed E-state index contributed by atoms with van der Waals surface area (Å²) >= 11 is 0. The van der Waals surface area contributed by atoms with E-state index in [9.17, 15) is 4.79 Å². The quantitative estimate of drug-likeness (QED) is 0.822. The number of hydrogen-bond acceptors (Lipinski definition) is 2. The number of rotatable bonds is 5. The van der Waals surface area contributed by atoms with Crippen molar-refractivity contribution in [3.8, 4) is 0 Å². The molecule has 0 heterocycles. The van der Waals surface area contributed by atoms with Gasteiger partial charge in [-0.15, -0.1) is 0 Å². The van der Waals surface area contributed by atoms with Gasteiger partial charge >= 0.3 is 0 Å². The SMILES string of the molecule is CC(C)NC(=O)Cc1cccc(NC(C)C)c1. The van der Waals surface area contributed by atoms with Crippen LogP contribution in [0.5, 0.6) is 0 Å². The average Bonchev–Trinajstić information content (AvgIpc) is 2.14. The number of anilines is 1. The summed E-state index contributed by atoms with van der Waals surface area (Å²) in [6.07, 6.45) is 0.436. The lowest BCUT2D eigenvalue weighted by atomic mass is 10.1. The highest BCUT2D eigenvalue weighted by Crippen LogP contribution is 2.12. The first-order valence-electron chi connectivity index (χ1n) is 6.12. The molecular formula is C14H22N2O. The molecule has 2 N–H and O–H groups in total. The molecule has 1 rings (SSSR count). The van der Waals surface area contributed by atoms with Gasteiger partial charge in [-0.2, -0.15) is 0 Å². The van der Waals surface area contributed by atoms with Crippen molar-refractivity contribution in [1.29, 1.82) is 0 Å². The van der Waals surface area contributed by atoms with Crippen molar-refractivity contribution in [1.82, 2.24) is 5.32 Å². The van der Waals surface area contributed by atoms with E-state index in [0.29, 0.717) is 12.5 Å². The van der Waals surface area contributed by atoms with Gasteiger partial charge in [-0.05, 0) is 45.4 Å². The summed E-state index contributed by atoms with van der Waals surface area (Å²) in [7, 11) is 0. The normalized spacial score (nSPS) is 10.7. The molecule has 3 nitrogen and oxygen atoms in total. The standard InChI is InChI=1S/C14H22N2O/c1-10(2)15-13-7-5-6-12(8-13)9-14(17)16-11(3)4/h5-8,10-11,15H,9H2,1-4H3,(H,16,17). The van der Waals surface area contributed by atoms with Crippen LogP contribution in [0.1, 0.15) is 33.3 Å². The number of amides is 1. The Morgan fingerprint density at radius 1 is 1.18 bits per heavy atom. The molecule has 0 spiro atoms. The molecule has 0 saturated heterocycles. The van der Waals surface area contributed by atoms with Gasteiger partial charge in [0.05, 0.1) is 6.42 Å². The molecule has 17 heavy (non-hydrogen) atoms. The molecule has 0 bridgehead atoms. The Balaban J connectivity index is 2.62. The maximum Gasteiger partial charge on any atom is 0.224 e. The second-order valence-electron chi connectivity index (χ2n) is 4.90. The first-order chi connectivity index (χ1) is 7.97. The Labute approximate surface area is 104 Å². The second-order valence-corrected chi connectivity index (χ2v) is 4.90. The zero-order chi connectivity index (χ0) is 12.8. The molecule has 94 valence electrons. The van der Waals surface area contributed by atoms with Gasteiger partial charge in [0.25, 0.3) is 0 Å². The maximum atomic E-state index is 11.6. The lowest BCUT2D eigenvalue weighted by Crippen LogP contribution is -2.31. The fourth-order valence-electron chi connectivity index (χ4n) is 1.66. The smallest absolute Gasteiger partial charge is 0.224 e. The van der Waals surface area contributed by atoms with Crippen LogP contribution >= 0.6 is 0 Å². The molecule has 0 aliphatic heterocycles. The Morgan fingerprint density at radius 2 is 1.88 bits per heavy atom. The predicted octanol–water partition coefficient (Wildman–Crippen LogP) is 2.57. The van der Waals surface area contributed by atoms with E-state index in [1.165, 1.54) is 0 Å². The van der Waals surface area contributed by atoms with E-state index in [4.69, 9.17) is 0 Å². The first-order valence-corrected chi connectivity index (χ1v) is 6.12. The number of hydrogen-bond donors (Lipinski definition) is 2. The zero-order valence-electron chi connectivity index (χ0n) is 11.1. The van der Waals surface area contributed by atoms with Crippen LogP contribution in [0, 0.1) is 0 Å². The highest BCUT2D eigenvalue weighted by molar-refractivity contribution is 5.79. The van der Waals surface area contributed by atoms with Gasteiger partial charge in [-0.1, -0.05) is 12.1 Å². The third-order valence-corrected chi connectivity index (χ3v) is 2.20. The van der Waals surface area contributed by atoms with Crippen LogP contribution in [0.25, 0.3) is 0 Å². The number of carbonyl (C=O) groups excluding carboxylic acids is 1. The van der Waals surface area contributed by atoms with E-state index in [1.54, 1.807) is 0 Å². The van der Waals surface area contributed by atoms with E-state index in [2.05, 4.69) is 24.5 Å². The molecule has 0 aliphatic carbocycles. The van der Waals surface area contributed by atoms with Crippen LogP contribution < -0.4 is 10.6 Å². The van der Waals surface area contributed by atoms with Crippen molar-refractivity contribution in [3.63, 3.8) is 0 Å². The molecule has 1 aromatic carbocycles. The molecule has 0 unspecified atom stereocenters. The third kappa shape index (κ3) is 5.38. The molecule has 3 heteroatoms. The molecule has 0 radical (unpaired) electrons. The number of carbonyl (C=O) groups is 1.